The van der Waals surface area contributed by atoms with Crippen LogP contribution in [0.25, 0.3) is 33.0 Å². The third kappa shape index (κ3) is 10.5. The largest absolute Gasteiger partial charge is 0.479 e. The normalized spacial score (nSPS) is 31.5. The number of aliphatic hydroxyl groups is 4. The van der Waals surface area contributed by atoms with Gasteiger partial charge in [0, 0.05) is 85.3 Å². The lowest BCUT2D eigenvalue weighted by molar-refractivity contribution is -0.315. The van der Waals surface area contributed by atoms with Gasteiger partial charge >= 0.3 is 11.9 Å². The molecule has 502 valence electrons. The van der Waals surface area contributed by atoms with Gasteiger partial charge in [0.05, 0.1) is 11.8 Å². The van der Waals surface area contributed by atoms with Crippen LogP contribution in [0.3, 0.4) is 0 Å². The molecule has 26 heteroatoms. The molecule has 0 spiro atoms. The van der Waals surface area contributed by atoms with Crippen LogP contribution in [0, 0.1) is 11.8 Å². The van der Waals surface area contributed by atoms with Gasteiger partial charge in [0.25, 0.3) is 23.6 Å². The summed E-state index contributed by atoms with van der Waals surface area (Å²) >= 11 is 0. The summed E-state index contributed by atoms with van der Waals surface area (Å²) in [7, 11) is 4.04. The number of carbonyl (C=O) groups is 8. The maximum Gasteiger partial charge on any atom is 0.335 e. The zero-order valence-corrected chi connectivity index (χ0v) is 53.3. The van der Waals surface area contributed by atoms with Gasteiger partial charge < -0.3 is 61.0 Å². The maximum atomic E-state index is 14.2. The molecule has 0 bridgehead atoms. The number of rotatable bonds is 11. The minimum Gasteiger partial charge on any atom is -0.479 e. The Labute approximate surface area is 550 Å². The number of carbonyl (C=O) groups excluding carboxylic acids is 6. The lowest BCUT2D eigenvalue weighted by atomic mass is 9.79. The summed E-state index contributed by atoms with van der Waals surface area (Å²) in [6, 6.07) is 28.2. The Bertz CT molecular complexity index is 3990. The van der Waals surface area contributed by atoms with Crippen LogP contribution in [0.5, 0.6) is 0 Å². The molecule has 6 amide bonds. The molecule has 6 saturated heterocycles. The van der Waals surface area contributed by atoms with Gasteiger partial charge in [-0.25, -0.2) is 9.59 Å². The Morgan fingerprint density at radius 1 is 0.573 bits per heavy atom. The van der Waals surface area contributed by atoms with Crippen LogP contribution in [-0.4, -0.2) is 229 Å². The number of hydrogen-bond acceptors (Lipinski definition) is 16. The third-order valence-corrected chi connectivity index (χ3v) is 21.1. The van der Waals surface area contributed by atoms with Crippen molar-refractivity contribution in [2.75, 3.05) is 40.3 Å². The second kappa shape index (κ2) is 23.9. The van der Waals surface area contributed by atoms with E-state index in [1.807, 2.05) is 99.0 Å². The number of ether oxygens (including phenoxy) is 2. The molecule has 14 atom stereocenters. The molecule has 4 aromatic carbocycles. The van der Waals surface area contributed by atoms with Crippen molar-refractivity contribution in [3.8, 4) is 0 Å². The van der Waals surface area contributed by atoms with E-state index in [4.69, 9.17) is 29.9 Å². The van der Waals surface area contributed by atoms with E-state index in [-0.39, 0.29) is 48.6 Å². The van der Waals surface area contributed by atoms with Crippen molar-refractivity contribution in [2.24, 2.45) is 11.8 Å². The van der Waals surface area contributed by atoms with E-state index in [0.717, 1.165) is 57.3 Å². The number of nitrogens with one attached hydrogen (secondary N) is 4. The fourth-order valence-corrected chi connectivity index (χ4v) is 16.5. The zero-order chi connectivity index (χ0) is 67.7. The predicted octanol–water partition coefficient (Wildman–Crippen LogP) is 1.86. The molecule has 10 N–H and O–H groups in total. The zero-order valence-electron chi connectivity index (χ0n) is 53.3. The molecule has 96 heavy (non-hydrogen) atoms. The van der Waals surface area contributed by atoms with E-state index in [9.17, 15) is 48.6 Å². The summed E-state index contributed by atoms with van der Waals surface area (Å²) in [5.74, 6) is -11.1. The number of likely N-dealkylation sites (N-methyl/N-ethyl adjacent to an activating group) is 2. The Morgan fingerprint density at radius 3 is 1.33 bits per heavy atom. The van der Waals surface area contributed by atoms with Crippen molar-refractivity contribution in [3.05, 3.63) is 155 Å². The van der Waals surface area contributed by atoms with Crippen LogP contribution in [0.1, 0.15) is 72.9 Å². The number of fused-ring (bicyclic) bond motifs is 10. The van der Waals surface area contributed by atoms with E-state index in [1.165, 1.54) is 45.5 Å². The topological polar surface area (TPSA) is 351 Å². The number of aromatic nitrogens is 2. The highest BCUT2D eigenvalue weighted by Gasteiger charge is 2.72. The van der Waals surface area contributed by atoms with E-state index in [1.54, 1.807) is 9.80 Å². The molecule has 10 aliphatic rings. The molecule has 6 fully saturated rings. The number of aliphatic carboxylic acids is 2. The fourth-order valence-electron chi connectivity index (χ4n) is 16.5. The Morgan fingerprint density at radius 2 is 0.958 bits per heavy atom. The first kappa shape index (κ1) is 64.2. The predicted molar refractivity (Wildman–Crippen MR) is 343 cm³/mol. The number of hydrogen-bond donors (Lipinski definition) is 10. The smallest absolute Gasteiger partial charge is 0.335 e. The Balaban J connectivity index is 0.000000145. The average Bonchev–Trinajstić information content (AvgIpc) is 1.54. The van der Waals surface area contributed by atoms with Gasteiger partial charge in [0.15, 0.2) is 12.2 Å². The number of piperazine rings is 2. The minimum atomic E-state index is -2.27. The van der Waals surface area contributed by atoms with Crippen LogP contribution in [-0.2, 0) is 73.5 Å². The number of H-pyrrole nitrogens is 2. The van der Waals surface area contributed by atoms with Crippen molar-refractivity contribution < 1.29 is 78.5 Å². The molecule has 26 nitrogen and oxygen atoms in total. The monoisotopic (exact) mass is 1310 g/mol. The number of aromatic amines is 2. The highest BCUT2D eigenvalue weighted by molar-refractivity contribution is 6.03. The number of aliphatic hydroxyl groups excluding tert-OH is 2. The number of nitrogens with zero attached hydrogens (tertiary/aromatic N) is 6. The highest BCUT2D eigenvalue weighted by atomic mass is 16.7. The standard InChI is InChI=1S/2C33H35N5O5.C4H6O6/c2*1-32(35-29(39)21-15-23-22-10-6-11-24-28(22)20(17-34-24)16-25(23)36(2)18-21)31(41)38-26(14-19-8-4-3-5-9-19)30(40)37-13-7-12-27(37)33(38,42)43-32;5-1(3(7)8)2(6)4(9)10/h2*3-6,8-11,15,17,21,25-27,34,42H,7,12-14,16,18H2,1-2H3,(H,35,39);1-2,5-6H,(H,7,8)(H,9,10)/t2*21-,25?,26+,27?,32-,33+;1-,2-/m111/s1. The molecule has 16 rings (SSSR count). The highest BCUT2D eigenvalue weighted by Crippen LogP contribution is 2.49. The summed E-state index contributed by atoms with van der Waals surface area (Å²) in [6.07, 6.45) is 8.23. The lowest BCUT2D eigenvalue weighted by Crippen LogP contribution is -2.71. The van der Waals surface area contributed by atoms with Gasteiger partial charge in [-0.2, -0.15) is 0 Å². The SMILES string of the molecule is CN1C[C@H](C(=O)N[C@]2(C)O[C@@]3(O)C4CCCN4C(=O)[C@H](Cc4ccccc4)N3C2=O)C=C2c3cccc4[nH]cc(c34)CC21.CN1C[C@H](C(=O)N[C@]2(C)O[C@@]3(O)C4CCCN4C(=O)[C@H](Cc4ccccc4)N3C2=O)C=C2c3cccc4[nH]cc(c34)CC21.O=C(O)[C@H](O)[C@@H](O)C(=O)O. The van der Waals surface area contributed by atoms with E-state index in [2.05, 4.69) is 67.1 Å². The molecule has 0 saturated carbocycles. The van der Waals surface area contributed by atoms with Gasteiger partial charge in [-0.05, 0) is 123 Å². The van der Waals surface area contributed by atoms with Crippen LogP contribution < -0.4 is 10.6 Å². The number of carboxylic acids is 2. The van der Waals surface area contributed by atoms with E-state index in [0.29, 0.717) is 51.9 Å². The van der Waals surface area contributed by atoms with Gasteiger partial charge in [0.2, 0.25) is 35.1 Å². The summed E-state index contributed by atoms with van der Waals surface area (Å²) in [5.41, 5.74) is 7.17. The van der Waals surface area contributed by atoms with E-state index < -0.39 is 95.2 Å². The molecular weight excluding hydrogens is 1240 g/mol. The minimum absolute atomic E-state index is 0.144. The summed E-state index contributed by atoms with van der Waals surface area (Å²) in [4.78, 5) is 120. The first-order valence-electron chi connectivity index (χ1n) is 32.5. The fraction of sp³-hybridized carbons (Fsp3) is 0.429. The lowest BCUT2D eigenvalue weighted by Gasteiger charge is -2.48. The summed E-state index contributed by atoms with van der Waals surface area (Å²) in [5, 5.41) is 64.7. The molecule has 6 aromatic rings. The molecule has 2 aliphatic carbocycles. The van der Waals surface area contributed by atoms with Crippen LogP contribution in [0.4, 0.5) is 0 Å². The van der Waals surface area contributed by atoms with E-state index >= 15 is 0 Å². The average molecular weight is 1310 g/mol. The van der Waals surface area contributed by atoms with Gasteiger partial charge in [0.1, 0.15) is 24.2 Å². The second-order valence-corrected chi connectivity index (χ2v) is 27.1. The third-order valence-electron chi connectivity index (χ3n) is 21.1. The van der Waals surface area contributed by atoms with Crippen molar-refractivity contribution in [1.29, 1.82) is 0 Å². The van der Waals surface area contributed by atoms with Crippen molar-refractivity contribution in [1.82, 2.24) is 50.0 Å². The summed E-state index contributed by atoms with van der Waals surface area (Å²) < 4.78 is 12.5. The first-order valence-corrected chi connectivity index (χ1v) is 32.5. The molecule has 4 unspecified atom stereocenters. The number of carboxylic acid groups (broad SMARTS) is 2. The Kier molecular flexibility index (Phi) is 16.0. The first-order chi connectivity index (χ1) is 45.8. The van der Waals surface area contributed by atoms with Gasteiger partial charge in [-0.3, -0.25) is 57.8 Å². The molecule has 0 radical (unpaired) electrons. The van der Waals surface area contributed by atoms with Gasteiger partial charge in [-0.1, -0.05) is 97.1 Å². The van der Waals surface area contributed by atoms with Crippen LogP contribution in [0.2, 0.25) is 0 Å². The molecular formula is C70H76N10O16. The van der Waals surface area contributed by atoms with Crippen molar-refractivity contribution >= 4 is 80.3 Å². The number of benzene rings is 4. The Hall–Kier alpha value is -9.12. The summed E-state index contributed by atoms with van der Waals surface area (Å²) in [6.45, 7) is 4.90. The second-order valence-electron chi connectivity index (χ2n) is 27.1. The molecule has 8 aliphatic heterocycles. The molecule has 10 heterocycles. The van der Waals surface area contributed by atoms with Crippen LogP contribution >= 0.6 is 0 Å². The van der Waals surface area contributed by atoms with Crippen molar-refractivity contribution in [3.63, 3.8) is 0 Å². The maximum absolute atomic E-state index is 14.2. The van der Waals surface area contributed by atoms with Crippen LogP contribution in [0.15, 0.2) is 122 Å². The van der Waals surface area contributed by atoms with Crippen molar-refractivity contribution in [2.45, 2.75) is 137 Å². The molecule has 2 aromatic heterocycles. The van der Waals surface area contributed by atoms with Gasteiger partial charge in [-0.15, -0.1) is 0 Å². The quantitative estimate of drug-likeness (QED) is 0.0885. The number of amides is 6.